The van der Waals surface area contributed by atoms with Crippen LogP contribution in [0.2, 0.25) is 0 Å². The van der Waals surface area contributed by atoms with Gasteiger partial charge in [0.2, 0.25) is 0 Å². The van der Waals surface area contributed by atoms with Crippen molar-refractivity contribution in [2.75, 3.05) is 0 Å². The van der Waals surface area contributed by atoms with Gasteiger partial charge in [-0.25, -0.2) is 4.98 Å². The molecular formula is C36H28N4OPt. The SMILES string of the molecule is Cc1cccc(-c2c(C)nn(-c3[c-]c(Oc4[c-]c5c(cc4)c4ccccc4n5-c4cc(C)ccn4)ccc3)c2C)c1.[Pt+2]. The van der Waals surface area contributed by atoms with Crippen LogP contribution in [0.5, 0.6) is 11.5 Å². The van der Waals surface area contributed by atoms with Crippen molar-refractivity contribution in [1.29, 1.82) is 0 Å². The number of rotatable bonds is 5. The quantitative estimate of drug-likeness (QED) is 0.167. The van der Waals surface area contributed by atoms with Crippen molar-refractivity contribution >= 4 is 21.8 Å². The summed E-state index contributed by atoms with van der Waals surface area (Å²) in [5.41, 5.74) is 9.53. The maximum atomic E-state index is 6.35. The van der Waals surface area contributed by atoms with E-state index in [1.807, 2.05) is 48.1 Å². The summed E-state index contributed by atoms with van der Waals surface area (Å²) < 4.78 is 10.4. The zero-order chi connectivity index (χ0) is 28.1. The number of para-hydroxylation sites is 1. The number of benzene rings is 4. The summed E-state index contributed by atoms with van der Waals surface area (Å²) in [7, 11) is 0. The molecule has 6 heteroatoms. The first-order valence-corrected chi connectivity index (χ1v) is 13.7. The van der Waals surface area contributed by atoms with Crippen LogP contribution in [-0.2, 0) is 21.1 Å². The Morgan fingerprint density at radius 1 is 0.714 bits per heavy atom. The monoisotopic (exact) mass is 727 g/mol. The molecule has 0 saturated carbocycles. The molecule has 0 aliphatic heterocycles. The fraction of sp³-hybridized carbons (Fsp3) is 0.111. The molecule has 0 unspecified atom stereocenters. The smallest absolute Gasteiger partial charge is 0.509 e. The Morgan fingerprint density at radius 2 is 1.50 bits per heavy atom. The fourth-order valence-electron chi connectivity index (χ4n) is 5.65. The second kappa shape index (κ2) is 11.1. The molecule has 208 valence electrons. The molecule has 4 aromatic carbocycles. The average molecular weight is 728 g/mol. The second-order valence-corrected chi connectivity index (χ2v) is 10.5. The van der Waals surface area contributed by atoms with Crippen molar-refractivity contribution < 1.29 is 25.8 Å². The van der Waals surface area contributed by atoms with Crippen LogP contribution in [0.3, 0.4) is 0 Å². The van der Waals surface area contributed by atoms with E-state index in [0.717, 1.165) is 55.8 Å². The van der Waals surface area contributed by atoms with Gasteiger partial charge in [-0.2, -0.15) is 17.2 Å². The molecule has 0 saturated heterocycles. The van der Waals surface area contributed by atoms with Crippen LogP contribution in [-0.4, -0.2) is 19.3 Å². The molecule has 5 nitrogen and oxygen atoms in total. The largest absolute Gasteiger partial charge is 2.00 e. The van der Waals surface area contributed by atoms with Gasteiger partial charge in [0.05, 0.1) is 5.69 Å². The van der Waals surface area contributed by atoms with Gasteiger partial charge in [0, 0.05) is 34.5 Å². The minimum Gasteiger partial charge on any atom is -0.509 e. The number of nitrogens with zero attached hydrogens (tertiary/aromatic N) is 4. The zero-order valence-corrected chi connectivity index (χ0v) is 26.0. The summed E-state index contributed by atoms with van der Waals surface area (Å²) in [6.07, 6.45) is 1.84. The van der Waals surface area contributed by atoms with E-state index in [4.69, 9.17) is 9.84 Å². The third-order valence-corrected chi connectivity index (χ3v) is 7.49. The molecule has 0 spiro atoms. The van der Waals surface area contributed by atoms with Crippen molar-refractivity contribution in [2.24, 2.45) is 0 Å². The normalized spacial score (nSPS) is 11.1. The molecule has 7 aromatic rings. The predicted molar refractivity (Wildman–Crippen MR) is 164 cm³/mol. The van der Waals surface area contributed by atoms with E-state index in [1.54, 1.807) is 0 Å². The van der Waals surface area contributed by atoms with Crippen molar-refractivity contribution in [2.45, 2.75) is 27.7 Å². The summed E-state index contributed by atoms with van der Waals surface area (Å²) in [6, 6.07) is 37.9. The van der Waals surface area contributed by atoms with E-state index in [2.05, 4.69) is 103 Å². The number of hydrogen-bond acceptors (Lipinski definition) is 3. The Labute approximate surface area is 259 Å². The molecule has 0 N–H and O–H groups in total. The molecule has 3 aromatic heterocycles. The molecule has 0 bridgehead atoms. The maximum absolute atomic E-state index is 6.35. The molecule has 0 aliphatic rings. The van der Waals surface area contributed by atoms with Gasteiger partial charge >= 0.3 is 21.1 Å². The minimum absolute atomic E-state index is 0. The van der Waals surface area contributed by atoms with Gasteiger partial charge in [-0.3, -0.25) is 4.68 Å². The van der Waals surface area contributed by atoms with Gasteiger partial charge in [-0.05, 0) is 68.1 Å². The summed E-state index contributed by atoms with van der Waals surface area (Å²) in [5, 5.41) is 7.11. The van der Waals surface area contributed by atoms with Crippen LogP contribution in [0.1, 0.15) is 22.5 Å². The Bertz CT molecular complexity index is 2090. The zero-order valence-electron chi connectivity index (χ0n) is 23.8. The number of hydrogen-bond donors (Lipinski definition) is 0. The third kappa shape index (κ3) is 4.84. The van der Waals surface area contributed by atoms with Gasteiger partial charge in [-0.1, -0.05) is 53.5 Å². The van der Waals surface area contributed by atoms with E-state index in [-0.39, 0.29) is 21.1 Å². The van der Waals surface area contributed by atoms with E-state index < -0.39 is 0 Å². The molecule has 0 fully saturated rings. The first-order valence-electron chi connectivity index (χ1n) is 13.7. The summed E-state index contributed by atoms with van der Waals surface area (Å²) in [4.78, 5) is 4.67. The molecule has 3 heterocycles. The van der Waals surface area contributed by atoms with Crippen LogP contribution >= 0.6 is 0 Å². The third-order valence-electron chi connectivity index (χ3n) is 7.49. The molecule has 0 atom stereocenters. The van der Waals surface area contributed by atoms with E-state index in [1.165, 1.54) is 11.1 Å². The first kappa shape index (κ1) is 27.7. The van der Waals surface area contributed by atoms with Crippen LogP contribution in [0.4, 0.5) is 0 Å². The van der Waals surface area contributed by atoms with Gasteiger partial charge in [-0.15, -0.1) is 35.7 Å². The van der Waals surface area contributed by atoms with Crippen LogP contribution in [0.15, 0.2) is 97.2 Å². The molecule has 0 amide bonds. The van der Waals surface area contributed by atoms with Crippen LogP contribution in [0, 0.1) is 39.8 Å². The molecule has 42 heavy (non-hydrogen) atoms. The fourth-order valence-corrected chi connectivity index (χ4v) is 5.65. The Hall–Kier alpha value is -4.47. The standard InChI is InChI=1S/C36H28N4O.Pt/c1-23-9-7-10-27(19-23)36-25(3)38-40(26(36)4)28-11-8-12-29(21-28)41-30-15-16-32-31-13-5-6-14-33(31)39(34(32)22-30)35-20-24(2)17-18-37-35;/h5-20H,1-4H3;/q-2;+2. The summed E-state index contributed by atoms with van der Waals surface area (Å²) in [5.74, 6) is 2.06. The van der Waals surface area contributed by atoms with Crippen molar-refractivity contribution in [3.63, 3.8) is 0 Å². The van der Waals surface area contributed by atoms with Gasteiger partial charge in [0.1, 0.15) is 5.82 Å². The maximum Gasteiger partial charge on any atom is 2.00 e. The number of aromatic nitrogens is 4. The number of fused-ring (bicyclic) bond motifs is 3. The molecule has 7 rings (SSSR count). The number of pyridine rings is 1. The Kier molecular flexibility index (Phi) is 7.30. The minimum atomic E-state index is 0. The number of aryl methyl sites for hydroxylation is 3. The van der Waals surface area contributed by atoms with Crippen molar-refractivity contribution in [3.8, 4) is 34.1 Å². The average Bonchev–Trinajstić information content (AvgIpc) is 3.46. The van der Waals surface area contributed by atoms with E-state index >= 15 is 0 Å². The number of ether oxygens (including phenoxy) is 1. The van der Waals surface area contributed by atoms with E-state index in [0.29, 0.717) is 11.5 Å². The Morgan fingerprint density at radius 3 is 2.33 bits per heavy atom. The summed E-state index contributed by atoms with van der Waals surface area (Å²) in [6.45, 7) is 8.33. The van der Waals surface area contributed by atoms with Crippen molar-refractivity contribution in [3.05, 3.63) is 132 Å². The van der Waals surface area contributed by atoms with E-state index in [9.17, 15) is 0 Å². The summed E-state index contributed by atoms with van der Waals surface area (Å²) >= 11 is 0. The molecule has 0 radical (unpaired) electrons. The van der Waals surface area contributed by atoms with Crippen molar-refractivity contribution in [1.82, 2.24) is 19.3 Å². The van der Waals surface area contributed by atoms with Crippen LogP contribution < -0.4 is 4.74 Å². The predicted octanol–water partition coefficient (Wildman–Crippen LogP) is 8.66. The van der Waals surface area contributed by atoms with Gasteiger partial charge < -0.3 is 9.30 Å². The molecule has 0 aliphatic carbocycles. The Balaban J connectivity index is 0.00000316. The van der Waals surface area contributed by atoms with Gasteiger partial charge in [0.15, 0.2) is 0 Å². The van der Waals surface area contributed by atoms with Gasteiger partial charge in [0.25, 0.3) is 0 Å². The topological polar surface area (TPSA) is 44.9 Å². The second-order valence-electron chi connectivity index (χ2n) is 10.5. The first-order chi connectivity index (χ1) is 20.0. The molecular weight excluding hydrogens is 700 g/mol. The van der Waals surface area contributed by atoms with Crippen LogP contribution in [0.25, 0.3) is 44.4 Å².